The Morgan fingerprint density at radius 3 is 2.75 bits per heavy atom. The molecule has 0 spiro atoms. The van der Waals surface area contributed by atoms with Gasteiger partial charge in [0.1, 0.15) is 11.2 Å². The highest BCUT2D eigenvalue weighted by atomic mass is 35.5. The van der Waals surface area contributed by atoms with Gasteiger partial charge in [-0.3, -0.25) is 4.98 Å². The van der Waals surface area contributed by atoms with Gasteiger partial charge < -0.3 is 4.98 Å². The Hall–Kier alpha value is -2.01. The van der Waals surface area contributed by atoms with Crippen molar-refractivity contribution in [3.63, 3.8) is 0 Å². The van der Waals surface area contributed by atoms with E-state index in [4.69, 9.17) is 11.6 Å². The maximum absolute atomic E-state index is 5.84. The van der Waals surface area contributed by atoms with Crippen molar-refractivity contribution in [2.24, 2.45) is 0 Å². The number of nitrogens with one attached hydrogen (secondary N) is 1. The van der Waals surface area contributed by atoms with Crippen LogP contribution in [0.2, 0.25) is 5.28 Å². The number of aromatic nitrogens is 5. The number of hydrogen-bond acceptors (Lipinski definition) is 4. The van der Waals surface area contributed by atoms with Crippen LogP contribution in [0.15, 0.2) is 30.9 Å². The van der Waals surface area contributed by atoms with E-state index in [0.29, 0.717) is 5.65 Å². The van der Waals surface area contributed by atoms with Crippen LogP contribution in [0.5, 0.6) is 0 Å². The summed E-state index contributed by atoms with van der Waals surface area (Å²) in [5, 5.41) is 0.186. The highest BCUT2D eigenvalue weighted by Crippen LogP contribution is 2.24. The zero-order valence-corrected chi connectivity index (χ0v) is 8.81. The number of rotatable bonds is 1. The van der Waals surface area contributed by atoms with Gasteiger partial charge in [0.15, 0.2) is 5.65 Å². The summed E-state index contributed by atoms with van der Waals surface area (Å²) < 4.78 is 0. The van der Waals surface area contributed by atoms with Crippen molar-refractivity contribution in [1.82, 2.24) is 24.9 Å². The van der Waals surface area contributed by atoms with Gasteiger partial charge in [0, 0.05) is 18.0 Å². The fraction of sp³-hybridized carbons (Fsp3) is 0. The Morgan fingerprint density at radius 2 is 1.94 bits per heavy atom. The van der Waals surface area contributed by atoms with Crippen molar-refractivity contribution in [2.45, 2.75) is 0 Å². The third-order valence-corrected chi connectivity index (χ3v) is 2.38. The molecule has 0 amide bonds. The number of H-pyrrole nitrogens is 1. The Balaban J connectivity index is 2.34. The molecule has 0 radical (unpaired) electrons. The highest BCUT2D eigenvalue weighted by Gasteiger charge is 2.10. The monoisotopic (exact) mass is 231 g/mol. The number of halogens is 1. The molecule has 0 aliphatic carbocycles. The topological polar surface area (TPSA) is 67.3 Å². The van der Waals surface area contributed by atoms with Crippen molar-refractivity contribution in [1.29, 1.82) is 0 Å². The summed E-state index contributed by atoms with van der Waals surface area (Å²) in [4.78, 5) is 19.2. The summed E-state index contributed by atoms with van der Waals surface area (Å²) in [5.41, 5.74) is 2.99. The number of nitrogens with zero attached hydrogens (tertiary/aromatic N) is 4. The van der Waals surface area contributed by atoms with Gasteiger partial charge in [-0.2, -0.15) is 4.98 Å². The molecular formula is C10H6ClN5. The molecule has 3 aromatic heterocycles. The predicted octanol–water partition coefficient (Wildman–Crippen LogP) is 2.07. The predicted molar refractivity (Wildman–Crippen MR) is 59.9 cm³/mol. The molecule has 78 valence electrons. The maximum atomic E-state index is 5.84. The van der Waals surface area contributed by atoms with Crippen LogP contribution in [0, 0.1) is 0 Å². The first-order valence-corrected chi connectivity index (χ1v) is 4.99. The van der Waals surface area contributed by atoms with E-state index in [0.717, 1.165) is 16.8 Å². The summed E-state index contributed by atoms with van der Waals surface area (Å²) >= 11 is 5.84. The first-order chi connectivity index (χ1) is 7.84. The fourth-order valence-corrected chi connectivity index (χ4v) is 1.69. The number of aromatic amines is 1. The molecule has 0 fully saturated rings. The van der Waals surface area contributed by atoms with E-state index in [1.54, 1.807) is 18.7 Å². The normalized spacial score (nSPS) is 10.8. The molecule has 0 aliphatic rings. The smallest absolute Gasteiger partial charge is 0.225 e. The van der Waals surface area contributed by atoms with Crippen LogP contribution in [0.3, 0.4) is 0 Å². The van der Waals surface area contributed by atoms with Crippen LogP contribution in [-0.4, -0.2) is 24.9 Å². The molecule has 16 heavy (non-hydrogen) atoms. The second kappa shape index (κ2) is 3.53. The van der Waals surface area contributed by atoms with Gasteiger partial charge in [0.25, 0.3) is 0 Å². The zero-order chi connectivity index (χ0) is 11.0. The fourth-order valence-electron chi connectivity index (χ4n) is 1.53. The SMILES string of the molecule is Clc1nc(-c2ccncc2)c2[nH]cnc2n1. The Labute approximate surface area is 95.6 Å². The molecule has 0 bridgehead atoms. The number of imidazole rings is 1. The van der Waals surface area contributed by atoms with E-state index in [9.17, 15) is 0 Å². The lowest BCUT2D eigenvalue weighted by Crippen LogP contribution is -1.90. The molecule has 0 aromatic carbocycles. The molecular weight excluding hydrogens is 226 g/mol. The van der Waals surface area contributed by atoms with Crippen molar-refractivity contribution in [3.05, 3.63) is 36.1 Å². The average molecular weight is 232 g/mol. The molecule has 0 aliphatic heterocycles. The van der Waals surface area contributed by atoms with Crippen molar-refractivity contribution in [2.75, 3.05) is 0 Å². The van der Waals surface area contributed by atoms with Crippen LogP contribution in [0.4, 0.5) is 0 Å². The van der Waals surface area contributed by atoms with Gasteiger partial charge in [0.2, 0.25) is 5.28 Å². The summed E-state index contributed by atoms with van der Waals surface area (Å²) in [6.45, 7) is 0. The Bertz CT molecular complexity index is 634. The lowest BCUT2D eigenvalue weighted by molar-refractivity contribution is 1.20. The number of fused-ring (bicyclic) bond motifs is 1. The van der Waals surface area contributed by atoms with E-state index in [1.165, 1.54) is 0 Å². The van der Waals surface area contributed by atoms with Gasteiger partial charge in [-0.25, -0.2) is 9.97 Å². The summed E-state index contributed by atoms with van der Waals surface area (Å²) in [6, 6.07) is 3.72. The van der Waals surface area contributed by atoms with Crippen LogP contribution in [-0.2, 0) is 0 Å². The molecule has 0 saturated heterocycles. The third kappa shape index (κ3) is 1.42. The quantitative estimate of drug-likeness (QED) is 0.651. The van der Waals surface area contributed by atoms with Gasteiger partial charge in [0.05, 0.1) is 6.33 Å². The molecule has 3 aromatic rings. The van der Waals surface area contributed by atoms with E-state index >= 15 is 0 Å². The molecule has 0 unspecified atom stereocenters. The lowest BCUT2D eigenvalue weighted by Gasteiger charge is -2.01. The molecule has 6 heteroatoms. The third-order valence-electron chi connectivity index (χ3n) is 2.21. The molecule has 5 nitrogen and oxygen atoms in total. The largest absolute Gasteiger partial charge is 0.341 e. The first-order valence-electron chi connectivity index (χ1n) is 4.61. The standard InChI is InChI=1S/C10H6ClN5/c11-10-15-7(6-1-3-12-4-2-6)8-9(16-10)14-5-13-8/h1-5H,(H,13,14,15,16). The van der Waals surface area contributed by atoms with E-state index < -0.39 is 0 Å². The Kier molecular flexibility index (Phi) is 2.04. The van der Waals surface area contributed by atoms with E-state index in [-0.39, 0.29) is 5.28 Å². The van der Waals surface area contributed by atoms with Gasteiger partial charge in [-0.1, -0.05) is 0 Å². The zero-order valence-electron chi connectivity index (χ0n) is 8.05. The lowest BCUT2D eigenvalue weighted by atomic mass is 10.2. The van der Waals surface area contributed by atoms with Crippen LogP contribution >= 0.6 is 11.6 Å². The van der Waals surface area contributed by atoms with Crippen molar-refractivity contribution >= 4 is 22.8 Å². The highest BCUT2D eigenvalue weighted by molar-refractivity contribution is 6.28. The summed E-state index contributed by atoms with van der Waals surface area (Å²) in [7, 11) is 0. The first kappa shape index (κ1) is 9.23. The van der Waals surface area contributed by atoms with Crippen molar-refractivity contribution in [3.8, 4) is 11.3 Å². The molecule has 0 atom stereocenters. The number of pyridine rings is 1. The van der Waals surface area contributed by atoms with Crippen LogP contribution < -0.4 is 0 Å². The maximum Gasteiger partial charge on any atom is 0.225 e. The molecule has 3 heterocycles. The van der Waals surface area contributed by atoms with Crippen LogP contribution in [0.25, 0.3) is 22.4 Å². The van der Waals surface area contributed by atoms with Crippen LogP contribution in [0.1, 0.15) is 0 Å². The van der Waals surface area contributed by atoms with Gasteiger partial charge in [-0.15, -0.1) is 0 Å². The molecule has 0 saturated carbocycles. The molecule has 3 rings (SSSR count). The van der Waals surface area contributed by atoms with Gasteiger partial charge >= 0.3 is 0 Å². The Morgan fingerprint density at radius 1 is 1.12 bits per heavy atom. The summed E-state index contributed by atoms with van der Waals surface area (Å²) in [6.07, 6.45) is 4.97. The van der Waals surface area contributed by atoms with E-state index in [2.05, 4.69) is 24.9 Å². The number of hydrogen-bond donors (Lipinski definition) is 1. The van der Waals surface area contributed by atoms with Crippen molar-refractivity contribution < 1.29 is 0 Å². The second-order valence-electron chi connectivity index (χ2n) is 3.18. The summed E-state index contributed by atoms with van der Waals surface area (Å²) in [5.74, 6) is 0. The minimum Gasteiger partial charge on any atom is -0.341 e. The molecule has 1 N–H and O–H groups in total. The average Bonchev–Trinajstić information content (AvgIpc) is 2.77. The van der Waals surface area contributed by atoms with Gasteiger partial charge in [-0.05, 0) is 23.7 Å². The minimum atomic E-state index is 0.186. The second-order valence-corrected chi connectivity index (χ2v) is 3.52. The minimum absolute atomic E-state index is 0.186. The van der Waals surface area contributed by atoms with E-state index in [1.807, 2.05) is 12.1 Å².